The van der Waals surface area contributed by atoms with E-state index in [1.165, 1.54) is 30.4 Å². The Bertz CT molecular complexity index is 917. The first-order valence-corrected chi connectivity index (χ1v) is 10.2. The number of hydrogen-bond donors (Lipinski definition) is 1. The molecule has 4 nitrogen and oxygen atoms in total. The molecule has 3 aromatic rings. The molecule has 0 radical (unpaired) electrons. The Morgan fingerprint density at radius 3 is 2.65 bits per heavy atom. The molecule has 4 rings (SSSR count). The fourth-order valence-corrected chi connectivity index (χ4v) is 4.77. The van der Waals surface area contributed by atoms with E-state index in [-0.39, 0.29) is 5.91 Å². The van der Waals surface area contributed by atoms with Gasteiger partial charge in [-0.3, -0.25) is 9.48 Å². The zero-order chi connectivity index (χ0) is 18.1. The fourth-order valence-electron chi connectivity index (χ4n) is 3.70. The van der Waals surface area contributed by atoms with Gasteiger partial charge in [-0.1, -0.05) is 49.1 Å². The third kappa shape index (κ3) is 3.54. The van der Waals surface area contributed by atoms with Gasteiger partial charge in [0.15, 0.2) is 0 Å². The summed E-state index contributed by atoms with van der Waals surface area (Å²) in [5.74, 6) is 0.0689. The third-order valence-electron chi connectivity index (χ3n) is 5.22. The van der Waals surface area contributed by atoms with Crippen molar-refractivity contribution < 1.29 is 4.79 Å². The number of aryl methyl sites for hydroxylation is 2. The summed E-state index contributed by atoms with van der Waals surface area (Å²) in [6.45, 7) is 4.84. The van der Waals surface area contributed by atoms with Gasteiger partial charge in [-0.25, -0.2) is 0 Å². The summed E-state index contributed by atoms with van der Waals surface area (Å²) in [7, 11) is 0. The molecule has 5 heteroatoms. The number of carbonyl (C=O) groups is 1. The molecule has 1 saturated carbocycles. The number of amides is 1. The summed E-state index contributed by atoms with van der Waals surface area (Å²) < 4.78 is 2.03. The highest BCUT2D eigenvalue weighted by Crippen LogP contribution is 2.29. The summed E-state index contributed by atoms with van der Waals surface area (Å²) in [6, 6.07) is 10.9. The van der Waals surface area contributed by atoms with Gasteiger partial charge in [0.25, 0.3) is 5.91 Å². The van der Waals surface area contributed by atoms with E-state index in [9.17, 15) is 4.79 Å². The standard InChI is InChI=1S/C21H25N3OS/c1-14-8-10-16(11-9-14)13-24-21-18(15(2)23-24)12-19(26-21)20(25)22-17-6-4-3-5-7-17/h8-12,17H,3-7,13H2,1-2H3,(H,22,25). The van der Waals surface area contributed by atoms with Crippen LogP contribution in [-0.2, 0) is 6.54 Å². The molecule has 1 amide bonds. The minimum atomic E-state index is 0.0689. The lowest BCUT2D eigenvalue weighted by molar-refractivity contribution is 0.0932. The zero-order valence-corrected chi connectivity index (χ0v) is 16.2. The molecule has 26 heavy (non-hydrogen) atoms. The van der Waals surface area contributed by atoms with E-state index in [1.807, 2.05) is 17.7 Å². The van der Waals surface area contributed by atoms with Crippen molar-refractivity contribution in [3.63, 3.8) is 0 Å². The molecule has 1 aliphatic rings. The molecule has 2 heterocycles. The largest absolute Gasteiger partial charge is 0.349 e. The molecule has 1 aliphatic carbocycles. The molecule has 0 atom stereocenters. The normalized spacial score (nSPS) is 15.5. The highest BCUT2D eigenvalue weighted by molar-refractivity contribution is 7.20. The molecule has 1 aromatic carbocycles. The van der Waals surface area contributed by atoms with Gasteiger partial charge in [0.1, 0.15) is 4.83 Å². The highest BCUT2D eigenvalue weighted by atomic mass is 32.1. The monoisotopic (exact) mass is 367 g/mol. The van der Waals surface area contributed by atoms with Crippen LogP contribution in [0.15, 0.2) is 30.3 Å². The lowest BCUT2D eigenvalue weighted by Crippen LogP contribution is -2.35. The summed E-state index contributed by atoms with van der Waals surface area (Å²) in [5, 5.41) is 8.99. The third-order valence-corrected chi connectivity index (χ3v) is 6.37. The van der Waals surface area contributed by atoms with Crippen molar-refractivity contribution in [2.75, 3.05) is 0 Å². The van der Waals surface area contributed by atoms with Crippen molar-refractivity contribution in [2.24, 2.45) is 0 Å². The number of nitrogens with zero attached hydrogens (tertiary/aromatic N) is 2. The van der Waals surface area contributed by atoms with Gasteiger partial charge in [0, 0.05) is 11.4 Å². The molecule has 1 N–H and O–H groups in total. The van der Waals surface area contributed by atoms with Gasteiger partial charge in [-0.05, 0) is 38.3 Å². The fraction of sp³-hybridized carbons (Fsp3) is 0.429. The molecule has 0 aliphatic heterocycles. The lowest BCUT2D eigenvalue weighted by Gasteiger charge is -2.22. The van der Waals surface area contributed by atoms with Gasteiger partial charge in [-0.2, -0.15) is 5.10 Å². The molecular weight excluding hydrogens is 342 g/mol. The first-order chi connectivity index (χ1) is 12.6. The number of thiophene rings is 1. The van der Waals surface area contributed by atoms with Crippen LogP contribution in [0.25, 0.3) is 10.2 Å². The molecular formula is C21H25N3OS. The average Bonchev–Trinajstić information content (AvgIpc) is 3.20. The molecule has 1 fully saturated rings. The Morgan fingerprint density at radius 2 is 1.92 bits per heavy atom. The number of carbonyl (C=O) groups excluding carboxylic acids is 1. The molecule has 0 bridgehead atoms. The van der Waals surface area contributed by atoms with Gasteiger partial charge < -0.3 is 5.32 Å². The smallest absolute Gasteiger partial charge is 0.261 e. The number of nitrogens with one attached hydrogen (secondary N) is 1. The predicted octanol–water partition coefficient (Wildman–Crippen LogP) is 4.83. The second-order valence-corrected chi connectivity index (χ2v) is 8.40. The van der Waals surface area contributed by atoms with Crippen molar-refractivity contribution in [3.8, 4) is 0 Å². The van der Waals surface area contributed by atoms with Crippen molar-refractivity contribution in [1.82, 2.24) is 15.1 Å². The van der Waals surface area contributed by atoms with Crippen LogP contribution in [0, 0.1) is 13.8 Å². The Labute approximate surface area is 158 Å². The Balaban J connectivity index is 1.56. The molecule has 0 unspecified atom stereocenters. The summed E-state index contributed by atoms with van der Waals surface area (Å²) in [6.07, 6.45) is 5.96. The Hall–Kier alpha value is -2.14. The number of rotatable bonds is 4. The summed E-state index contributed by atoms with van der Waals surface area (Å²) >= 11 is 1.55. The van der Waals surface area contributed by atoms with E-state index in [4.69, 9.17) is 0 Å². The maximum absolute atomic E-state index is 12.7. The quantitative estimate of drug-likeness (QED) is 0.718. The first-order valence-electron chi connectivity index (χ1n) is 9.43. The lowest BCUT2D eigenvalue weighted by atomic mass is 9.95. The molecule has 2 aromatic heterocycles. The maximum atomic E-state index is 12.7. The van der Waals surface area contributed by atoms with Crippen molar-refractivity contribution in [1.29, 1.82) is 0 Å². The Kier molecular flexibility index (Phi) is 4.81. The number of aromatic nitrogens is 2. The van der Waals surface area contributed by atoms with E-state index < -0.39 is 0 Å². The van der Waals surface area contributed by atoms with Crippen molar-refractivity contribution >= 4 is 27.5 Å². The van der Waals surface area contributed by atoms with E-state index in [2.05, 4.69) is 41.6 Å². The summed E-state index contributed by atoms with van der Waals surface area (Å²) in [5.41, 5.74) is 3.47. The van der Waals surface area contributed by atoms with Crippen LogP contribution in [0.2, 0.25) is 0 Å². The second kappa shape index (κ2) is 7.23. The van der Waals surface area contributed by atoms with Crippen LogP contribution in [0.1, 0.15) is 58.6 Å². The second-order valence-electron chi connectivity index (χ2n) is 7.37. The first kappa shape index (κ1) is 17.3. The SMILES string of the molecule is Cc1ccc(Cn2nc(C)c3cc(C(=O)NC4CCCCC4)sc32)cc1. The van der Waals surface area contributed by atoms with Crippen LogP contribution in [0.4, 0.5) is 0 Å². The van der Waals surface area contributed by atoms with Crippen LogP contribution in [-0.4, -0.2) is 21.7 Å². The Morgan fingerprint density at radius 1 is 1.19 bits per heavy atom. The molecule has 0 spiro atoms. The minimum Gasteiger partial charge on any atom is -0.349 e. The van der Waals surface area contributed by atoms with Crippen molar-refractivity contribution in [3.05, 3.63) is 52.0 Å². The maximum Gasteiger partial charge on any atom is 0.261 e. The van der Waals surface area contributed by atoms with Gasteiger partial charge in [0.05, 0.1) is 17.1 Å². The van der Waals surface area contributed by atoms with E-state index >= 15 is 0 Å². The van der Waals surface area contributed by atoms with E-state index in [0.29, 0.717) is 6.04 Å². The van der Waals surface area contributed by atoms with Crippen LogP contribution in [0.3, 0.4) is 0 Å². The number of fused-ring (bicyclic) bond motifs is 1. The highest BCUT2D eigenvalue weighted by Gasteiger charge is 2.20. The van der Waals surface area contributed by atoms with E-state index in [0.717, 1.165) is 40.2 Å². The number of hydrogen-bond acceptors (Lipinski definition) is 3. The molecule has 0 saturated heterocycles. The average molecular weight is 368 g/mol. The van der Waals surface area contributed by atoms with Gasteiger partial charge >= 0.3 is 0 Å². The molecule has 136 valence electrons. The van der Waals surface area contributed by atoms with Crippen LogP contribution in [0.5, 0.6) is 0 Å². The summed E-state index contributed by atoms with van der Waals surface area (Å²) in [4.78, 5) is 14.5. The van der Waals surface area contributed by atoms with Crippen LogP contribution >= 0.6 is 11.3 Å². The van der Waals surface area contributed by atoms with Gasteiger partial charge in [-0.15, -0.1) is 11.3 Å². The topological polar surface area (TPSA) is 46.9 Å². The van der Waals surface area contributed by atoms with Crippen LogP contribution < -0.4 is 5.32 Å². The number of benzene rings is 1. The predicted molar refractivity (Wildman–Crippen MR) is 107 cm³/mol. The zero-order valence-electron chi connectivity index (χ0n) is 15.4. The van der Waals surface area contributed by atoms with Gasteiger partial charge in [0.2, 0.25) is 0 Å². The van der Waals surface area contributed by atoms with Crippen molar-refractivity contribution in [2.45, 2.75) is 58.5 Å². The minimum absolute atomic E-state index is 0.0689. The van der Waals surface area contributed by atoms with E-state index in [1.54, 1.807) is 11.3 Å².